The third kappa shape index (κ3) is 9.70. The number of fused-ring (bicyclic) bond motifs is 4. The van der Waals surface area contributed by atoms with Crippen LogP contribution in [0.3, 0.4) is 0 Å². The summed E-state index contributed by atoms with van der Waals surface area (Å²) < 4.78 is 83.1. The number of anilines is 2. The number of carbonyl (C=O) groups excluding carboxylic acids is 2. The van der Waals surface area contributed by atoms with Crippen LogP contribution >= 0.6 is 15.6 Å². The number of phosphoric ester groups is 2. The second-order valence-electron chi connectivity index (χ2n) is 15.7. The molecule has 4 amide bonds. The van der Waals surface area contributed by atoms with Crippen molar-refractivity contribution in [2.24, 2.45) is 0 Å². The zero-order valence-corrected chi connectivity index (χ0v) is 38.1. The van der Waals surface area contributed by atoms with Crippen molar-refractivity contribution in [2.75, 3.05) is 36.9 Å². The van der Waals surface area contributed by atoms with E-state index in [1.807, 2.05) is 12.1 Å². The summed E-state index contributed by atoms with van der Waals surface area (Å²) in [5, 5.41) is 10.5. The van der Waals surface area contributed by atoms with Crippen LogP contribution in [-0.2, 0) is 50.9 Å². The molecule has 4 aromatic heterocycles. The van der Waals surface area contributed by atoms with Crippen molar-refractivity contribution in [3.8, 4) is 0 Å². The largest absolute Gasteiger partial charge is 0.481 e. The lowest BCUT2D eigenvalue weighted by molar-refractivity contribution is -0.153. The zero-order valence-electron chi connectivity index (χ0n) is 36.4. The number of phosphoric acid groups is 2. The number of hydrogen-bond donors (Lipinski definition) is 6. The molecule has 364 valence electrons. The van der Waals surface area contributed by atoms with Gasteiger partial charge in [0.05, 0.1) is 25.9 Å². The van der Waals surface area contributed by atoms with E-state index in [2.05, 4.69) is 51.2 Å². The van der Waals surface area contributed by atoms with Crippen LogP contribution in [0.2, 0.25) is 0 Å². The molecule has 0 radical (unpaired) electrons. The van der Waals surface area contributed by atoms with Crippen molar-refractivity contribution in [1.29, 1.82) is 0 Å². The number of hydrogen-bond acceptors (Lipinski definition) is 19. The van der Waals surface area contributed by atoms with Crippen LogP contribution in [0, 0.1) is 0 Å². The molecule has 0 aliphatic carbocycles. The van der Waals surface area contributed by atoms with E-state index in [1.54, 1.807) is 62.4 Å². The molecule has 8 unspecified atom stereocenters. The Labute approximate surface area is 390 Å². The van der Waals surface area contributed by atoms with Gasteiger partial charge < -0.3 is 48.8 Å². The maximum absolute atomic E-state index is 13.4. The first-order valence-electron chi connectivity index (χ1n) is 21.5. The standard InChI is InChI=1S/C40H44N12O15P2/c1-3-41-39(53)49-31-25-33(45-17-43-31)51(19-47-25)35-29-27(63-37(65-29)21-11-7-5-8-12-21)23(61-35)15-59-68(55,56)67-69(57,58)60-16-24-28-30(66-38(64-28)22-13-9-6-10-14-22)36(62-24)52-20-48-26-32(44-18-46-34(26)52)50-40(54)42-4-2/h5-14,17-20,23-24,27-30,35-38H,3-4,15-16H2,1-2H3,(H,55,56)(H,57,58)(H2,41,43,45,49,53)(H2,42,44,46,50,54)/t23-,24-,27?,28?,29?,30?,35-,36-,37?,38?/m1/s1. The molecular formula is C40H44N12O15P2. The molecule has 6 N–H and O–H groups in total. The van der Waals surface area contributed by atoms with Crippen molar-refractivity contribution in [1.82, 2.24) is 49.7 Å². The van der Waals surface area contributed by atoms with Gasteiger partial charge in [0.15, 0.2) is 59.0 Å². The number of ether oxygens (including phenoxy) is 6. The van der Waals surface area contributed by atoms with Crippen LogP contribution in [0.1, 0.15) is 50.0 Å². The monoisotopic (exact) mass is 994 g/mol. The highest BCUT2D eigenvalue weighted by molar-refractivity contribution is 7.61. The van der Waals surface area contributed by atoms with Crippen LogP contribution in [0.25, 0.3) is 22.3 Å². The lowest BCUT2D eigenvalue weighted by Gasteiger charge is -2.23. The predicted octanol–water partition coefficient (Wildman–Crippen LogP) is 3.96. The molecule has 2 aromatic carbocycles. The van der Waals surface area contributed by atoms with Gasteiger partial charge in [-0.3, -0.25) is 28.8 Å². The maximum Gasteiger partial charge on any atom is 0.481 e. The summed E-state index contributed by atoms with van der Waals surface area (Å²) in [5.74, 6) is 0.255. The van der Waals surface area contributed by atoms with Gasteiger partial charge in [0.2, 0.25) is 0 Å². The van der Waals surface area contributed by atoms with Crippen molar-refractivity contribution in [3.05, 3.63) is 97.1 Å². The normalized spacial score (nSPS) is 27.9. The summed E-state index contributed by atoms with van der Waals surface area (Å²) in [5.41, 5.74) is 2.32. The molecule has 6 aromatic rings. The van der Waals surface area contributed by atoms with Crippen molar-refractivity contribution >= 4 is 61.7 Å². The zero-order chi connectivity index (χ0) is 47.9. The van der Waals surface area contributed by atoms with E-state index in [4.69, 9.17) is 41.8 Å². The van der Waals surface area contributed by atoms with E-state index in [-0.39, 0.29) is 34.0 Å². The highest BCUT2D eigenvalue weighted by Crippen LogP contribution is 2.61. The topological polar surface area (TPSA) is 327 Å². The number of imidazole rings is 2. The summed E-state index contributed by atoms with van der Waals surface area (Å²) in [6.07, 6.45) is -4.39. The lowest BCUT2D eigenvalue weighted by atomic mass is 10.1. The Morgan fingerprint density at radius 1 is 0.594 bits per heavy atom. The third-order valence-electron chi connectivity index (χ3n) is 11.3. The molecule has 4 saturated heterocycles. The van der Waals surface area contributed by atoms with E-state index in [1.165, 1.54) is 34.4 Å². The van der Waals surface area contributed by atoms with Gasteiger partial charge in [-0.15, -0.1) is 0 Å². The Balaban J connectivity index is 0.832. The fourth-order valence-electron chi connectivity index (χ4n) is 8.32. The van der Waals surface area contributed by atoms with Crippen LogP contribution < -0.4 is 21.3 Å². The molecule has 10 rings (SSSR count). The molecule has 27 nitrogen and oxygen atoms in total. The van der Waals surface area contributed by atoms with E-state index in [0.717, 1.165) is 0 Å². The molecule has 0 saturated carbocycles. The number of urea groups is 2. The molecule has 4 aliphatic heterocycles. The fraction of sp³-hybridized carbons (Fsp3) is 0.400. The average Bonchev–Trinajstić information content (AvgIpc) is 4.20. The van der Waals surface area contributed by atoms with Crippen LogP contribution in [-0.4, -0.2) is 124 Å². The maximum atomic E-state index is 13.4. The van der Waals surface area contributed by atoms with Crippen LogP contribution in [0.15, 0.2) is 86.0 Å². The van der Waals surface area contributed by atoms with Gasteiger partial charge in [0.25, 0.3) is 0 Å². The number of rotatable bonds is 16. The van der Waals surface area contributed by atoms with Crippen molar-refractivity contribution in [2.45, 2.75) is 75.5 Å². The van der Waals surface area contributed by atoms with Crippen LogP contribution in [0.5, 0.6) is 0 Å². The summed E-state index contributed by atoms with van der Waals surface area (Å²) in [4.78, 5) is 72.2. The average molecular weight is 995 g/mol. The van der Waals surface area contributed by atoms with Gasteiger partial charge in [-0.2, -0.15) is 4.31 Å². The Morgan fingerprint density at radius 3 is 1.41 bits per heavy atom. The molecule has 8 heterocycles. The van der Waals surface area contributed by atoms with E-state index in [0.29, 0.717) is 24.2 Å². The summed E-state index contributed by atoms with van der Waals surface area (Å²) in [6, 6.07) is 17.0. The minimum atomic E-state index is -5.41. The number of nitrogens with one attached hydrogen (secondary N) is 4. The van der Waals surface area contributed by atoms with Gasteiger partial charge in [-0.05, 0) is 13.8 Å². The Hall–Kier alpha value is -5.90. The molecule has 4 aliphatic rings. The van der Waals surface area contributed by atoms with E-state index >= 15 is 0 Å². The second kappa shape index (κ2) is 19.5. The Kier molecular flexibility index (Phi) is 13.2. The second-order valence-corrected chi connectivity index (χ2v) is 18.7. The number of benzene rings is 2. The third-order valence-corrected chi connectivity index (χ3v) is 13.9. The number of carbonyl (C=O) groups is 2. The first-order valence-corrected chi connectivity index (χ1v) is 24.5. The molecule has 0 bridgehead atoms. The minimum absolute atomic E-state index is 0.127. The molecule has 0 spiro atoms. The molecule has 69 heavy (non-hydrogen) atoms. The first kappa shape index (κ1) is 46.8. The Morgan fingerprint density at radius 2 is 1.00 bits per heavy atom. The highest BCUT2D eigenvalue weighted by Gasteiger charge is 2.56. The number of amides is 4. The SMILES string of the molecule is CCNC(=O)Nc1ncnc2c1ncn2[C@@H]1O[C@H](COP(=O)(O)OP(=O)(O)OC[C@H]2O[C@@H](n3cnc4c(NC(=O)NCC)ncnc43)C3OC(c4ccccc4)OC32)C2OC(c3ccccc3)OC21. The minimum Gasteiger partial charge on any atom is -0.347 e. The first-order chi connectivity index (χ1) is 33.4. The van der Waals surface area contributed by atoms with Crippen molar-refractivity contribution in [3.63, 3.8) is 0 Å². The van der Waals surface area contributed by atoms with Gasteiger partial charge in [0, 0.05) is 24.2 Å². The summed E-state index contributed by atoms with van der Waals surface area (Å²) in [6.45, 7) is 2.86. The summed E-state index contributed by atoms with van der Waals surface area (Å²) in [7, 11) is -10.8. The van der Waals surface area contributed by atoms with E-state index in [9.17, 15) is 28.5 Å². The van der Waals surface area contributed by atoms with E-state index < -0.39 is 103 Å². The molecule has 4 fully saturated rings. The van der Waals surface area contributed by atoms with Gasteiger partial charge in [-0.25, -0.2) is 48.6 Å². The quantitative estimate of drug-likeness (QED) is 0.0747. The summed E-state index contributed by atoms with van der Waals surface area (Å²) >= 11 is 0. The number of nitrogens with zero attached hydrogens (tertiary/aromatic N) is 8. The van der Waals surface area contributed by atoms with Gasteiger partial charge in [-0.1, -0.05) is 60.7 Å². The lowest BCUT2D eigenvalue weighted by Crippen LogP contribution is -2.32. The fourth-order valence-corrected chi connectivity index (χ4v) is 10.4. The molecule has 12 atom stereocenters. The van der Waals surface area contributed by atoms with Gasteiger partial charge >= 0.3 is 27.7 Å². The van der Waals surface area contributed by atoms with Gasteiger partial charge in [0.1, 0.15) is 49.3 Å². The van der Waals surface area contributed by atoms with Crippen LogP contribution in [0.4, 0.5) is 21.2 Å². The molecule has 29 heteroatoms. The smallest absolute Gasteiger partial charge is 0.347 e. The Bertz CT molecular complexity index is 2730. The highest BCUT2D eigenvalue weighted by atomic mass is 31.3. The van der Waals surface area contributed by atoms with Crippen molar-refractivity contribution < 1.29 is 70.3 Å². The number of aromatic nitrogens is 8. The predicted molar refractivity (Wildman–Crippen MR) is 234 cm³/mol. The molecular weight excluding hydrogens is 950 g/mol.